The number of morpholine rings is 1. The van der Waals surface area contributed by atoms with E-state index in [-0.39, 0.29) is 4.90 Å². The van der Waals surface area contributed by atoms with Gasteiger partial charge in [-0.15, -0.1) is 11.3 Å². The molecule has 4 aromatic carbocycles. The number of hydrogen-bond acceptors (Lipinski definition) is 7. The van der Waals surface area contributed by atoms with E-state index in [1.165, 1.54) is 15.6 Å². The van der Waals surface area contributed by atoms with Gasteiger partial charge in [0.05, 0.1) is 30.0 Å². The molecule has 210 valence electrons. The minimum Gasteiger partial charge on any atom is -0.454 e. The van der Waals surface area contributed by atoms with Crippen LogP contribution < -0.4 is 4.80 Å². The maximum atomic E-state index is 13.1. The fourth-order valence-electron chi connectivity index (χ4n) is 4.99. The van der Waals surface area contributed by atoms with Gasteiger partial charge in [-0.1, -0.05) is 60.7 Å². The van der Waals surface area contributed by atoms with Gasteiger partial charge in [0.25, 0.3) is 0 Å². The summed E-state index contributed by atoms with van der Waals surface area (Å²) in [7, 11) is -3.59. The minimum atomic E-state index is -3.59. The number of rotatable bonds is 6. The summed E-state index contributed by atoms with van der Waals surface area (Å²) in [6, 6.07) is 30.8. The van der Waals surface area contributed by atoms with Gasteiger partial charge in [0.2, 0.25) is 14.8 Å². The normalized spacial score (nSPS) is 15.3. The number of thiazole rings is 1. The van der Waals surface area contributed by atoms with Gasteiger partial charge in [0, 0.05) is 29.4 Å². The fraction of sp³-hybridized carbons (Fsp3) is 0.125. The zero-order chi connectivity index (χ0) is 28.5. The molecule has 0 spiro atoms. The van der Waals surface area contributed by atoms with Crippen LogP contribution in [0, 0.1) is 0 Å². The third kappa shape index (κ3) is 5.10. The molecule has 0 bridgehead atoms. The third-order valence-electron chi connectivity index (χ3n) is 7.17. The van der Waals surface area contributed by atoms with Gasteiger partial charge >= 0.3 is 0 Å². The van der Waals surface area contributed by atoms with Crippen molar-refractivity contribution >= 4 is 55.0 Å². The summed E-state index contributed by atoms with van der Waals surface area (Å²) in [4.78, 5) is 5.70. The van der Waals surface area contributed by atoms with Crippen molar-refractivity contribution in [2.75, 3.05) is 26.3 Å². The first kappa shape index (κ1) is 26.5. The van der Waals surface area contributed by atoms with Crippen LogP contribution >= 0.6 is 11.3 Å². The van der Waals surface area contributed by atoms with Crippen LogP contribution in [0.25, 0.3) is 33.2 Å². The molecule has 1 aliphatic rings. The molecule has 0 N–H and O–H groups in total. The molecule has 1 fully saturated rings. The number of sulfonamides is 1. The molecular weight excluding hydrogens is 569 g/mol. The Hall–Kier alpha value is -4.35. The largest absolute Gasteiger partial charge is 0.454 e. The van der Waals surface area contributed by atoms with Crippen LogP contribution in [0.5, 0.6) is 0 Å². The summed E-state index contributed by atoms with van der Waals surface area (Å²) >= 11 is 1.43. The number of benzene rings is 4. The molecule has 0 aliphatic carbocycles. The molecule has 10 heteroatoms. The van der Waals surface area contributed by atoms with Gasteiger partial charge in [0.15, 0.2) is 5.76 Å². The van der Waals surface area contributed by atoms with E-state index in [1.807, 2.05) is 66.2 Å². The maximum Gasteiger partial charge on any atom is 0.243 e. The fourth-order valence-corrected chi connectivity index (χ4v) is 7.23. The second-order valence-corrected chi connectivity index (χ2v) is 12.6. The smallest absolute Gasteiger partial charge is 0.243 e. The maximum absolute atomic E-state index is 13.1. The number of ether oxygens (including phenoxy) is 1. The molecule has 8 nitrogen and oxygen atoms in total. The van der Waals surface area contributed by atoms with Crippen LogP contribution in [-0.4, -0.2) is 49.9 Å². The van der Waals surface area contributed by atoms with E-state index in [4.69, 9.17) is 19.2 Å². The zero-order valence-electron chi connectivity index (χ0n) is 22.5. The average molecular weight is 595 g/mol. The SMILES string of the molecule is O=S(=O)(c1ccc(N=c2scc(-c3cc4ccccc4o3)n2N=Cc2cccc3ccccc23)cc1)N1CCOCC1. The van der Waals surface area contributed by atoms with Crippen LogP contribution in [0.2, 0.25) is 0 Å². The lowest BCUT2D eigenvalue weighted by atomic mass is 10.1. The van der Waals surface area contributed by atoms with E-state index >= 15 is 0 Å². The van der Waals surface area contributed by atoms with Crippen molar-refractivity contribution in [3.8, 4) is 11.5 Å². The summed E-state index contributed by atoms with van der Waals surface area (Å²) in [5.74, 6) is 0.677. The Morgan fingerprint density at radius 3 is 2.38 bits per heavy atom. The molecule has 3 heterocycles. The Kier molecular flexibility index (Phi) is 7.04. The summed E-state index contributed by atoms with van der Waals surface area (Å²) in [5.41, 5.74) is 3.14. The lowest BCUT2D eigenvalue weighted by Gasteiger charge is -2.26. The highest BCUT2D eigenvalue weighted by Crippen LogP contribution is 2.29. The highest BCUT2D eigenvalue weighted by molar-refractivity contribution is 7.89. The van der Waals surface area contributed by atoms with Gasteiger partial charge in [-0.05, 0) is 47.2 Å². The van der Waals surface area contributed by atoms with Crippen molar-refractivity contribution in [2.24, 2.45) is 10.1 Å². The van der Waals surface area contributed by atoms with Crippen LogP contribution in [0.3, 0.4) is 0 Å². The van der Waals surface area contributed by atoms with Crippen molar-refractivity contribution in [3.05, 3.63) is 113 Å². The first-order valence-corrected chi connectivity index (χ1v) is 15.8. The number of fused-ring (bicyclic) bond motifs is 2. The molecule has 1 saturated heterocycles. The molecule has 2 aromatic heterocycles. The van der Waals surface area contributed by atoms with Crippen LogP contribution in [0.1, 0.15) is 5.56 Å². The second-order valence-electron chi connectivity index (χ2n) is 9.80. The lowest BCUT2D eigenvalue weighted by molar-refractivity contribution is 0.0730. The van der Waals surface area contributed by atoms with Crippen LogP contribution in [0.4, 0.5) is 5.69 Å². The summed E-state index contributed by atoms with van der Waals surface area (Å²) in [6.45, 7) is 1.50. The van der Waals surface area contributed by atoms with E-state index in [1.54, 1.807) is 28.9 Å². The molecule has 0 unspecified atom stereocenters. The van der Waals surface area contributed by atoms with Crippen LogP contribution in [0.15, 0.2) is 122 Å². The van der Waals surface area contributed by atoms with Crippen molar-refractivity contribution in [3.63, 3.8) is 0 Å². The standard InChI is InChI=1S/C32H26N4O4S2/c37-42(38,35-16-18-39-19-17-35)27-14-12-26(13-15-27)34-32-36(33-21-25-9-5-8-23-6-1-3-10-28(23)25)29(22-41-32)31-20-24-7-2-4-11-30(24)40-31/h1-15,20-22H,16-19H2. The Morgan fingerprint density at radius 1 is 0.833 bits per heavy atom. The van der Waals surface area contributed by atoms with E-state index in [0.29, 0.717) is 42.6 Å². The molecule has 1 aliphatic heterocycles. The molecule has 0 atom stereocenters. The summed E-state index contributed by atoms with van der Waals surface area (Å²) in [5, 5.41) is 10.1. The number of para-hydroxylation sites is 1. The monoisotopic (exact) mass is 594 g/mol. The molecular formula is C32H26N4O4S2. The van der Waals surface area contributed by atoms with Gasteiger partial charge < -0.3 is 9.15 Å². The van der Waals surface area contributed by atoms with Crippen LogP contribution in [-0.2, 0) is 14.8 Å². The Bertz CT molecular complexity index is 2060. The van der Waals surface area contributed by atoms with E-state index in [0.717, 1.165) is 33.0 Å². The zero-order valence-corrected chi connectivity index (χ0v) is 24.1. The predicted molar refractivity (Wildman–Crippen MR) is 166 cm³/mol. The number of hydrogen-bond donors (Lipinski definition) is 0. The van der Waals surface area contributed by atoms with Crippen molar-refractivity contribution in [1.29, 1.82) is 0 Å². The predicted octanol–water partition coefficient (Wildman–Crippen LogP) is 6.25. The number of furan rings is 1. The van der Waals surface area contributed by atoms with E-state index < -0.39 is 10.0 Å². The lowest BCUT2D eigenvalue weighted by Crippen LogP contribution is -2.40. The Morgan fingerprint density at radius 2 is 1.57 bits per heavy atom. The summed E-state index contributed by atoms with van der Waals surface area (Å²) < 4.78 is 40.8. The Balaban J connectivity index is 1.30. The second kappa shape index (κ2) is 11.1. The van der Waals surface area contributed by atoms with E-state index in [2.05, 4.69) is 18.2 Å². The van der Waals surface area contributed by atoms with Crippen molar-refractivity contribution in [1.82, 2.24) is 8.98 Å². The number of nitrogens with zero attached hydrogens (tertiary/aromatic N) is 4. The average Bonchev–Trinajstić information content (AvgIpc) is 3.64. The molecule has 7 rings (SSSR count). The molecule has 0 saturated carbocycles. The van der Waals surface area contributed by atoms with Crippen molar-refractivity contribution in [2.45, 2.75) is 4.90 Å². The van der Waals surface area contributed by atoms with Gasteiger partial charge in [-0.2, -0.15) is 9.41 Å². The van der Waals surface area contributed by atoms with Gasteiger partial charge in [-0.25, -0.2) is 18.1 Å². The first-order chi connectivity index (χ1) is 20.6. The molecule has 6 aromatic rings. The van der Waals surface area contributed by atoms with Crippen molar-refractivity contribution < 1.29 is 17.6 Å². The Labute approximate surface area is 246 Å². The van der Waals surface area contributed by atoms with E-state index in [9.17, 15) is 8.42 Å². The highest BCUT2D eigenvalue weighted by Gasteiger charge is 2.26. The molecule has 42 heavy (non-hydrogen) atoms. The van der Waals surface area contributed by atoms with Gasteiger partial charge in [0.1, 0.15) is 11.3 Å². The van der Waals surface area contributed by atoms with Gasteiger partial charge in [-0.3, -0.25) is 0 Å². The third-order valence-corrected chi connectivity index (χ3v) is 9.90. The number of aromatic nitrogens is 1. The topological polar surface area (TPSA) is 89.4 Å². The first-order valence-electron chi connectivity index (χ1n) is 13.5. The minimum absolute atomic E-state index is 0.236. The highest BCUT2D eigenvalue weighted by atomic mass is 32.2. The molecule has 0 amide bonds. The quantitative estimate of drug-likeness (QED) is 0.213. The summed E-state index contributed by atoms with van der Waals surface area (Å²) in [6.07, 6.45) is 1.83. The molecule has 0 radical (unpaired) electrons.